The fourth-order valence-electron chi connectivity index (χ4n) is 4.56. The van der Waals surface area contributed by atoms with Gasteiger partial charge >= 0.3 is 0 Å². The van der Waals surface area contributed by atoms with Gasteiger partial charge < -0.3 is 18.9 Å². The smallest absolute Gasteiger partial charge is 0.226 e. The Bertz CT molecular complexity index is 843. The van der Waals surface area contributed by atoms with E-state index in [1.165, 1.54) is 19.3 Å². The van der Waals surface area contributed by atoms with Crippen molar-refractivity contribution in [1.82, 2.24) is 24.4 Å². The van der Waals surface area contributed by atoms with Gasteiger partial charge in [0.15, 0.2) is 17.0 Å². The first-order valence-electron chi connectivity index (χ1n) is 10.3. The molecule has 5 rings (SSSR count). The van der Waals surface area contributed by atoms with Gasteiger partial charge in [0.1, 0.15) is 5.82 Å². The maximum atomic E-state index is 6.30. The Labute approximate surface area is 169 Å². The number of halogens is 1. The summed E-state index contributed by atoms with van der Waals surface area (Å²) in [6, 6.07) is 0.157. The lowest BCUT2D eigenvalue weighted by molar-refractivity contribution is -0.105. The van der Waals surface area contributed by atoms with Crippen LogP contribution in [0.1, 0.15) is 37.5 Å². The van der Waals surface area contributed by atoms with Crippen LogP contribution in [0, 0.1) is 0 Å². The highest BCUT2D eigenvalue weighted by Crippen LogP contribution is 2.36. The molecule has 3 saturated heterocycles. The highest BCUT2D eigenvalue weighted by atomic mass is 35.5. The normalized spacial score (nSPS) is 25.1. The first-order chi connectivity index (χ1) is 13.7. The number of piperidine rings is 1. The number of aryl methyl sites for hydroxylation is 1. The van der Waals surface area contributed by atoms with Crippen molar-refractivity contribution in [3.63, 3.8) is 0 Å². The zero-order valence-electron chi connectivity index (χ0n) is 16.3. The number of rotatable bonds is 4. The number of nitrogens with zero attached hydrogens (tertiary/aromatic N) is 6. The van der Waals surface area contributed by atoms with Crippen molar-refractivity contribution in [2.75, 3.05) is 50.9 Å². The Hall–Kier alpha value is -1.48. The summed E-state index contributed by atoms with van der Waals surface area (Å²) in [6.45, 7) is 5.98. The minimum Gasteiger partial charge on any atom is -0.378 e. The standard InChI is InChI=1S/C19H27ClN6O2/c1-24-16-14(17(23-19(20)22-16)26-8-11-27-12-9-26)21-18(24)15(13-5-10-28-13)25-6-3-2-4-7-25/h13,15H,2-12H2,1H3. The molecule has 3 aliphatic heterocycles. The van der Waals surface area contributed by atoms with Gasteiger partial charge in [0.05, 0.1) is 25.4 Å². The van der Waals surface area contributed by atoms with Crippen molar-refractivity contribution in [3.8, 4) is 0 Å². The van der Waals surface area contributed by atoms with Crippen LogP contribution in [0.15, 0.2) is 0 Å². The van der Waals surface area contributed by atoms with Gasteiger partial charge in [-0.2, -0.15) is 9.97 Å². The third-order valence-corrected chi connectivity index (χ3v) is 6.32. The average Bonchev–Trinajstić information content (AvgIpc) is 3.01. The quantitative estimate of drug-likeness (QED) is 0.720. The van der Waals surface area contributed by atoms with Crippen molar-refractivity contribution in [3.05, 3.63) is 11.1 Å². The molecule has 0 amide bonds. The molecule has 0 aromatic carbocycles. The van der Waals surface area contributed by atoms with Crippen molar-refractivity contribution in [2.24, 2.45) is 7.05 Å². The van der Waals surface area contributed by atoms with Gasteiger partial charge in [0.25, 0.3) is 0 Å². The molecule has 2 aromatic rings. The lowest BCUT2D eigenvalue weighted by Gasteiger charge is -2.42. The van der Waals surface area contributed by atoms with Crippen LogP contribution in [-0.2, 0) is 16.5 Å². The Morgan fingerprint density at radius 3 is 2.43 bits per heavy atom. The Balaban J connectivity index is 1.59. The van der Waals surface area contributed by atoms with Crippen LogP contribution in [0.4, 0.5) is 5.82 Å². The van der Waals surface area contributed by atoms with E-state index in [-0.39, 0.29) is 17.4 Å². The minimum absolute atomic E-state index is 0.157. The SMILES string of the molecule is Cn1c(C(C2CCO2)N2CCCCC2)nc2c(N3CCOCC3)nc(Cl)nc21. The van der Waals surface area contributed by atoms with E-state index in [0.29, 0.717) is 13.2 Å². The summed E-state index contributed by atoms with van der Waals surface area (Å²) in [5.41, 5.74) is 1.61. The number of fused-ring (bicyclic) bond motifs is 1. The number of morpholine rings is 1. The van der Waals surface area contributed by atoms with Gasteiger partial charge in [0.2, 0.25) is 5.28 Å². The second-order valence-electron chi connectivity index (χ2n) is 7.86. The highest BCUT2D eigenvalue weighted by Gasteiger charge is 2.38. The molecule has 2 unspecified atom stereocenters. The molecule has 2 atom stereocenters. The fraction of sp³-hybridized carbons (Fsp3) is 0.737. The molecule has 9 heteroatoms. The molecule has 0 bridgehead atoms. The fourth-order valence-corrected chi connectivity index (χ4v) is 4.72. The summed E-state index contributed by atoms with van der Waals surface area (Å²) in [5.74, 6) is 1.82. The number of hydrogen-bond donors (Lipinski definition) is 0. The van der Waals surface area contributed by atoms with Crippen LogP contribution >= 0.6 is 11.6 Å². The first kappa shape index (κ1) is 18.5. The lowest BCUT2D eigenvalue weighted by atomic mass is 9.99. The maximum absolute atomic E-state index is 6.30. The zero-order chi connectivity index (χ0) is 19.1. The second kappa shape index (κ2) is 7.74. The molecule has 0 radical (unpaired) electrons. The molecule has 5 heterocycles. The summed E-state index contributed by atoms with van der Waals surface area (Å²) in [7, 11) is 2.03. The highest BCUT2D eigenvalue weighted by molar-refractivity contribution is 6.28. The van der Waals surface area contributed by atoms with Gasteiger partial charge in [-0.15, -0.1) is 0 Å². The Morgan fingerprint density at radius 1 is 1.00 bits per heavy atom. The third-order valence-electron chi connectivity index (χ3n) is 6.15. The monoisotopic (exact) mass is 406 g/mol. The number of ether oxygens (including phenoxy) is 2. The van der Waals surface area contributed by atoms with E-state index >= 15 is 0 Å². The number of anilines is 1. The summed E-state index contributed by atoms with van der Waals surface area (Å²) in [5, 5.41) is 0.262. The predicted octanol–water partition coefficient (Wildman–Crippen LogP) is 2.17. The van der Waals surface area contributed by atoms with Gasteiger partial charge in [-0.1, -0.05) is 6.42 Å². The molecule has 3 aliphatic rings. The van der Waals surface area contributed by atoms with E-state index in [1.807, 2.05) is 7.05 Å². The third kappa shape index (κ3) is 3.26. The lowest BCUT2D eigenvalue weighted by Crippen LogP contribution is -2.46. The van der Waals surface area contributed by atoms with E-state index in [2.05, 4.69) is 24.3 Å². The predicted molar refractivity (Wildman–Crippen MR) is 107 cm³/mol. The Morgan fingerprint density at radius 2 is 1.75 bits per heavy atom. The molecular weight excluding hydrogens is 380 g/mol. The van der Waals surface area contributed by atoms with Crippen molar-refractivity contribution in [2.45, 2.75) is 37.8 Å². The summed E-state index contributed by atoms with van der Waals surface area (Å²) in [4.78, 5) is 18.9. The number of aromatic nitrogens is 4. The van der Waals surface area contributed by atoms with Crippen LogP contribution in [-0.4, -0.2) is 76.5 Å². The largest absolute Gasteiger partial charge is 0.378 e. The van der Waals surface area contributed by atoms with Crippen molar-refractivity contribution < 1.29 is 9.47 Å². The zero-order valence-corrected chi connectivity index (χ0v) is 17.1. The van der Waals surface area contributed by atoms with E-state index < -0.39 is 0 Å². The van der Waals surface area contributed by atoms with E-state index in [9.17, 15) is 0 Å². The maximum Gasteiger partial charge on any atom is 0.226 e. The molecule has 0 N–H and O–H groups in total. The summed E-state index contributed by atoms with van der Waals surface area (Å²) in [6.07, 6.45) is 5.05. The molecular formula is C19H27ClN6O2. The van der Waals surface area contributed by atoms with Crippen LogP contribution in [0.2, 0.25) is 5.28 Å². The molecule has 3 fully saturated rings. The van der Waals surface area contributed by atoms with E-state index in [1.54, 1.807) is 0 Å². The molecule has 0 aliphatic carbocycles. The molecule has 0 saturated carbocycles. The number of hydrogen-bond acceptors (Lipinski definition) is 7. The number of imidazole rings is 1. The van der Waals surface area contributed by atoms with Gasteiger partial charge in [-0.25, -0.2) is 4.98 Å². The molecule has 28 heavy (non-hydrogen) atoms. The second-order valence-corrected chi connectivity index (χ2v) is 8.19. The van der Waals surface area contributed by atoms with Crippen molar-refractivity contribution >= 4 is 28.6 Å². The number of likely N-dealkylation sites (tertiary alicyclic amines) is 1. The van der Waals surface area contributed by atoms with Crippen LogP contribution < -0.4 is 4.90 Å². The van der Waals surface area contributed by atoms with Crippen molar-refractivity contribution in [1.29, 1.82) is 0 Å². The molecule has 2 aromatic heterocycles. The Kier molecular flexibility index (Phi) is 5.13. The minimum atomic E-state index is 0.157. The van der Waals surface area contributed by atoms with E-state index in [0.717, 1.165) is 62.0 Å². The van der Waals surface area contributed by atoms with E-state index in [4.69, 9.17) is 26.1 Å². The first-order valence-corrected chi connectivity index (χ1v) is 10.7. The van der Waals surface area contributed by atoms with Crippen LogP contribution in [0.25, 0.3) is 11.2 Å². The van der Waals surface area contributed by atoms with Gasteiger partial charge in [0, 0.05) is 26.7 Å². The molecule has 8 nitrogen and oxygen atoms in total. The average molecular weight is 407 g/mol. The molecule has 152 valence electrons. The van der Waals surface area contributed by atoms with Crippen LogP contribution in [0.3, 0.4) is 0 Å². The van der Waals surface area contributed by atoms with Crippen LogP contribution in [0.5, 0.6) is 0 Å². The van der Waals surface area contributed by atoms with Gasteiger partial charge in [-0.3, -0.25) is 4.90 Å². The summed E-state index contributed by atoms with van der Waals surface area (Å²) < 4.78 is 13.5. The van der Waals surface area contributed by atoms with Gasteiger partial charge in [-0.05, 0) is 44.0 Å². The summed E-state index contributed by atoms with van der Waals surface area (Å²) >= 11 is 6.30. The topological polar surface area (TPSA) is 68.5 Å². The molecule has 0 spiro atoms.